The number of hydrogen-bond acceptors (Lipinski definition) is 4. The average molecular weight is 397 g/mol. The lowest BCUT2D eigenvalue weighted by Gasteiger charge is -2.19. The van der Waals surface area contributed by atoms with Crippen LogP contribution in [0.25, 0.3) is 0 Å². The number of rotatable bonds is 5. The van der Waals surface area contributed by atoms with Crippen molar-refractivity contribution in [3.8, 4) is 0 Å². The molecule has 0 saturated carbocycles. The van der Waals surface area contributed by atoms with Gasteiger partial charge in [0.25, 0.3) is 0 Å². The zero-order valence-corrected chi connectivity index (χ0v) is 16.2. The molecule has 0 atom stereocenters. The van der Waals surface area contributed by atoms with Gasteiger partial charge in [0, 0.05) is 29.8 Å². The van der Waals surface area contributed by atoms with Crippen molar-refractivity contribution in [1.29, 1.82) is 0 Å². The Morgan fingerprint density at radius 2 is 1.76 bits per heavy atom. The summed E-state index contributed by atoms with van der Waals surface area (Å²) in [4.78, 5) is 11.3. The molecular weight excluding hydrogens is 376 g/mol. The summed E-state index contributed by atoms with van der Waals surface area (Å²) in [7, 11) is 2.04. The summed E-state index contributed by atoms with van der Waals surface area (Å²) in [6, 6.07) is 18.5. The summed E-state index contributed by atoms with van der Waals surface area (Å²) < 4.78 is 0.997. The molecule has 4 nitrogen and oxygen atoms in total. The molecule has 1 heterocycles. The zero-order valence-electron chi connectivity index (χ0n) is 14.6. The number of aryl methyl sites for hydroxylation is 2. The first-order valence-corrected chi connectivity index (χ1v) is 8.94. The van der Waals surface area contributed by atoms with Gasteiger partial charge < -0.3 is 10.2 Å². The summed E-state index contributed by atoms with van der Waals surface area (Å²) in [6.07, 6.45) is 0. The van der Waals surface area contributed by atoms with Gasteiger partial charge in [0.2, 0.25) is 5.95 Å². The molecule has 0 saturated heterocycles. The highest BCUT2D eigenvalue weighted by Gasteiger charge is 2.09. The van der Waals surface area contributed by atoms with E-state index in [0.717, 1.165) is 28.2 Å². The highest BCUT2D eigenvalue weighted by Crippen LogP contribution is 2.26. The number of anilines is 3. The number of nitrogens with one attached hydrogen (secondary N) is 1. The van der Waals surface area contributed by atoms with Crippen molar-refractivity contribution < 1.29 is 0 Å². The van der Waals surface area contributed by atoms with Crippen LogP contribution in [0.3, 0.4) is 0 Å². The Labute approximate surface area is 157 Å². The van der Waals surface area contributed by atoms with Crippen LogP contribution in [0, 0.1) is 13.8 Å². The molecule has 128 valence electrons. The van der Waals surface area contributed by atoms with Crippen LogP contribution in [0.5, 0.6) is 0 Å². The molecule has 3 rings (SSSR count). The van der Waals surface area contributed by atoms with Gasteiger partial charge in [-0.05, 0) is 53.0 Å². The van der Waals surface area contributed by atoms with Gasteiger partial charge in [-0.25, -0.2) is 4.98 Å². The van der Waals surface area contributed by atoms with Gasteiger partial charge in [0.15, 0.2) is 0 Å². The Hall–Kier alpha value is -2.40. The molecule has 0 aliphatic heterocycles. The number of hydrogen-bond donors (Lipinski definition) is 1. The summed E-state index contributed by atoms with van der Waals surface area (Å²) >= 11 is 3.59. The first kappa shape index (κ1) is 17.4. The normalized spacial score (nSPS) is 10.6. The van der Waals surface area contributed by atoms with Crippen molar-refractivity contribution in [3.63, 3.8) is 0 Å². The van der Waals surface area contributed by atoms with Crippen LogP contribution in [-0.2, 0) is 6.54 Å². The fourth-order valence-electron chi connectivity index (χ4n) is 2.58. The molecule has 25 heavy (non-hydrogen) atoms. The number of benzene rings is 2. The third kappa shape index (κ3) is 4.57. The Bertz CT molecular complexity index is 865. The molecule has 0 unspecified atom stereocenters. The Kier molecular flexibility index (Phi) is 5.34. The molecule has 0 bridgehead atoms. The number of halogens is 1. The fourth-order valence-corrected chi connectivity index (χ4v) is 3.18. The molecule has 1 aromatic heterocycles. The maximum Gasteiger partial charge on any atom is 0.229 e. The predicted octanol–water partition coefficient (Wildman–Crippen LogP) is 5.24. The van der Waals surface area contributed by atoms with Crippen molar-refractivity contribution in [1.82, 2.24) is 9.97 Å². The standard InChI is InChI=1S/C20H21BrN4/c1-14-9-10-18(17(21)11-14)23-20-22-15(2)12-19(24-20)25(3)13-16-7-5-4-6-8-16/h4-12H,13H2,1-3H3,(H,22,23,24). The van der Waals surface area contributed by atoms with E-state index in [-0.39, 0.29) is 0 Å². The van der Waals surface area contributed by atoms with E-state index >= 15 is 0 Å². The molecule has 0 amide bonds. The lowest BCUT2D eigenvalue weighted by Crippen LogP contribution is -2.18. The van der Waals surface area contributed by atoms with E-state index < -0.39 is 0 Å². The highest BCUT2D eigenvalue weighted by atomic mass is 79.9. The van der Waals surface area contributed by atoms with Crippen LogP contribution < -0.4 is 10.2 Å². The van der Waals surface area contributed by atoms with Crippen LogP contribution in [0.4, 0.5) is 17.5 Å². The second kappa shape index (κ2) is 7.66. The Balaban J connectivity index is 1.82. The molecule has 0 fully saturated rings. The lowest BCUT2D eigenvalue weighted by atomic mass is 10.2. The SMILES string of the molecule is Cc1ccc(Nc2nc(C)cc(N(C)Cc3ccccc3)n2)c(Br)c1. The zero-order chi connectivity index (χ0) is 17.8. The molecule has 0 aliphatic rings. The first-order valence-electron chi connectivity index (χ1n) is 8.15. The average Bonchev–Trinajstić information content (AvgIpc) is 2.58. The molecule has 3 aromatic rings. The third-order valence-electron chi connectivity index (χ3n) is 3.87. The minimum Gasteiger partial charge on any atom is -0.355 e. The van der Waals surface area contributed by atoms with Gasteiger partial charge >= 0.3 is 0 Å². The van der Waals surface area contributed by atoms with Crippen molar-refractivity contribution in [2.24, 2.45) is 0 Å². The molecule has 2 aromatic carbocycles. The van der Waals surface area contributed by atoms with E-state index in [4.69, 9.17) is 0 Å². The van der Waals surface area contributed by atoms with Gasteiger partial charge in [-0.3, -0.25) is 0 Å². The summed E-state index contributed by atoms with van der Waals surface area (Å²) in [5.41, 5.74) is 4.33. The van der Waals surface area contributed by atoms with Gasteiger partial charge in [-0.15, -0.1) is 0 Å². The topological polar surface area (TPSA) is 41.1 Å². The third-order valence-corrected chi connectivity index (χ3v) is 4.52. The maximum absolute atomic E-state index is 4.67. The molecule has 1 N–H and O–H groups in total. The quantitative estimate of drug-likeness (QED) is 0.640. The van der Waals surface area contributed by atoms with E-state index in [9.17, 15) is 0 Å². The van der Waals surface area contributed by atoms with Crippen LogP contribution in [-0.4, -0.2) is 17.0 Å². The van der Waals surface area contributed by atoms with Crippen LogP contribution in [0.2, 0.25) is 0 Å². The van der Waals surface area contributed by atoms with Crippen LogP contribution >= 0.6 is 15.9 Å². The summed E-state index contributed by atoms with van der Waals surface area (Å²) in [5, 5.41) is 3.30. The molecule has 0 aliphatic carbocycles. The second-order valence-corrected chi connectivity index (χ2v) is 7.00. The van der Waals surface area contributed by atoms with Crippen molar-refractivity contribution in [2.45, 2.75) is 20.4 Å². The van der Waals surface area contributed by atoms with Crippen LogP contribution in [0.1, 0.15) is 16.8 Å². The van der Waals surface area contributed by atoms with E-state index in [1.807, 2.05) is 32.2 Å². The number of nitrogens with zero attached hydrogens (tertiary/aromatic N) is 3. The van der Waals surface area contributed by atoms with Crippen molar-refractivity contribution in [2.75, 3.05) is 17.3 Å². The summed E-state index contributed by atoms with van der Waals surface area (Å²) in [5.74, 6) is 1.49. The Morgan fingerprint density at radius 3 is 2.48 bits per heavy atom. The minimum absolute atomic E-state index is 0.597. The van der Waals surface area contributed by atoms with Crippen molar-refractivity contribution in [3.05, 3.63) is 75.9 Å². The van der Waals surface area contributed by atoms with E-state index in [0.29, 0.717) is 5.95 Å². The predicted molar refractivity (Wildman–Crippen MR) is 107 cm³/mol. The Morgan fingerprint density at radius 1 is 1.00 bits per heavy atom. The number of aromatic nitrogens is 2. The van der Waals surface area contributed by atoms with Gasteiger partial charge in [0.1, 0.15) is 5.82 Å². The lowest BCUT2D eigenvalue weighted by molar-refractivity contribution is 0.888. The van der Waals surface area contributed by atoms with E-state index in [1.54, 1.807) is 0 Å². The monoisotopic (exact) mass is 396 g/mol. The van der Waals surface area contributed by atoms with E-state index in [2.05, 4.69) is 79.4 Å². The van der Waals surface area contributed by atoms with E-state index in [1.165, 1.54) is 11.1 Å². The molecule has 0 radical (unpaired) electrons. The smallest absolute Gasteiger partial charge is 0.229 e. The molecular formula is C20H21BrN4. The molecule has 0 spiro atoms. The van der Waals surface area contributed by atoms with Crippen molar-refractivity contribution >= 4 is 33.4 Å². The second-order valence-electron chi connectivity index (χ2n) is 6.14. The van der Waals surface area contributed by atoms with Gasteiger partial charge in [0.05, 0.1) is 5.69 Å². The fraction of sp³-hybridized carbons (Fsp3) is 0.200. The van der Waals surface area contributed by atoms with Gasteiger partial charge in [-0.2, -0.15) is 4.98 Å². The van der Waals surface area contributed by atoms with Crippen LogP contribution in [0.15, 0.2) is 59.1 Å². The maximum atomic E-state index is 4.67. The summed E-state index contributed by atoms with van der Waals surface area (Å²) in [6.45, 7) is 4.84. The minimum atomic E-state index is 0.597. The largest absolute Gasteiger partial charge is 0.355 e. The highest BCUT2D eigenvalue weighted by molar-refractivity contribution is 9.10. The first-order chi connectivity index (χ1) is 12.0. The van der Waals surface area contributed by atoms with Gasteiger partial charge in [-0.1, -0.05) is 36.4 Å². The molecule has 5 heteroatoms.